The number of benzene rings is 2. The summed E-state index contributed by atoms with van der Waals surface area (Å²) < 4.78 is 12.2. The van der Waals surface area contributed by atoms with Crippen LogP contribution >= 0.6 is 15.9 Å². The number of nitrogen functional groups attached to an aromatic ring is 1. The van der Waals surface area contributed by atoms with Crippen molar-refractivity contribution in [3.8, 4) is 0 Å². The molecular weight excluding hydrogens is 320 g/mol. The van der Waals surface area contributed by atoms with E-state index in [0.717, 1.165) is 21.1 Å². The number of anilines is 1. The summed E-state index contributed by atoms with van der Waals surface area (Å²) in [6.45, 7) is 0.849. The Labute approximate surface area is 124 Å². The zero-order chi connectivity index (χ0) is 13.9. The van der Waals surface area contributed by atoms with Crippen LogP contribution in [0.1, 0.15) is 11.5 Å². The Balaban J connectivity index is 1.65. The zero-order valence-corrected chi connectivity index (χ0v) is 12.3. The van der Waals surface area contributed by atoms with Gasteiger partial charge in [-0.2, -0.15) is 0 Å². The van der Waals surface area contributed by atoms with E-state index in [1.807, 2.05) is 30.3 Å². The molecule has 0 amide bonds. The first-order valence-corrected chi connectivity index (χ1v) is 6.97. The molecular formula is C15H13BrN2O2. The Bertz CT molecular complexity index is 740. The van der Waals surface area contributed by atoms with Crippen molar-refractivity contribution >= 4 is 32.7 Å². The number of hydrogen-bond donors (Lipinski definition) is 1. The number of nitrogens with zero attached hydrogens (tertiary/aromatic N) is 1. The van der Waals surface area contributed by atoms with Gasteiger partial charge in [0.15, 0.2) is 5.58 Å². The molecule has 0 atom stereocenters. The average molecular weight is 333 g/mol. The highest BCUT2D eigenvalue weighted by Crippen LogP contribution is 2.19. The molecule has 5 heteroatoms. The van der Waals surface area contributed by atoms with E-state index in [0.29, 0.717) is 24.8 Å². The Kier molecular flexibility index (Phi) is 3.71. The monoisotopic (exact) mass is 332 g/mol. The van der Waals surface area contributed by atoms with Gasteiger partial charge >= 0.3 is 0 Å². The highest BCUT2D eigenvalue weighted by molar-refractivity contribution is 9.10. The number of ether oxygens (including phenoxy) is 1. The minimum Gasteiger partial charge on any atom is -0.438 e. The van der Waals surface area contributed by atoms with Crippen LogP contribution in [-0.4, -0.2) is 4.98 Å². The Morgan fingerprint density at radius 3 is 2.90 bits per heavy atom. The molecule has 0 aliphatic carbocycles. The van der Waals surface area contributed by atoms with Gasteiger partial charge in [0, 0.05) is 10.2 Å². The van der Waals surface area contributed by atoms with E-state index in [4.69, 9.17) is 14.9 Å². The van der Waals surface area contributed by atoms with Crippen LogP contribution in [0.15, 0.2) is 51.4 Å². The summed E-state index contributed by atoms with van der Waals surface area (Å²) in [6, 6.07) is 13.4. The second-order valence-corrected chi connectivity index (χ2v) is 5.37. The van der Waals surface area contributed by atoms with Crippen molar-refractivity contribution in [2.75, 3.05) is 5.73 Å². The summed E-state index contributed by atoms with van der Waals surface area (Å²) in [5.41, 5.74) is 8.95. The molecule has 0 aliphatic rings. The van der Waals surface area contributed by atoms with E-state index < -0.39 is 0 Å². The van der Waals surface area contributed by atoms with Gasteiger partial charge in [0.05, 0.1) is 6.61 Å². The van der Waals surface area contributed by atoms with Gasteiger partial charge in [-0.05, 0) is 35.9 Å². The standard InChI is InChI=1S/C15H13BrN2O2/c16-11-3-1-2-10(6-11)8-19-9-15-18-13-7-12(17)4-5-14(13)20-15/h1-7H,8-9,17H2. The second kappa shape index (κ2) is 5.64. The van der Waals surface area contributed by atoms with Crippen molar-refractivity contribution < 1.29 is 9.15 Å². The molecule has 0 spiro atoms. The van der Waals surface area contributed by atoms with Gasteiger partial charge < -0.3 is 14.9 Å². The quantitative estimate of drug-likeness (QED) is 0.736. The van der Waals surface area contributed by atoms with E-state index in [-0.39, 0.29) is 0 Å². The number of hydrogen-bond acceptors (Lipinski definition) is 4. The van der Waals surface area contributed by atoms with Crippen LogP contribution in [-0.2, 0) is 18.0 Å². The van der Waals surface area contributed by atoms with Gasteiger partial charge in [0.2, 0.25) is 5.89 Å². The fourth-order valence-corrected chi connectivity index (χ4v) is 2.38. The number of halogens is 1. The molecule has 0 unspecified atom stereocenters. The number of rotatable bonds is 4. The van der Waals surface area contributed by atoms with Crippen LogP contribution in [0.5, 0.6) is 0 Å². The molecule has 0 fully saturated rings. The third-order valence-corrected chi connectivity index (χ3v) is 3.33. The van der Waals surface area contributed by atoms with E-state index in [1.165, 1.54) is 0 Å². The number of aromatic nitrogens is 1. The van der Waals surface area contributed by atoms with Gasteiger partial charge in [0.1, 0.15) is 12.1 Å². The molecule has 3 rings (SSSR count). The lowest BCUT2D eigenvalue weighted by atomic mass is 10.2. The Morgan fingerprint density at radius 2 is 2.05 bits per heavy atom. The lowest BCUT2D eigenvalue weighted by Crippen LogP contribution is -1.94. The minimum atomic E-state index is 0.334. The SMILES string of the molecule is Nc1ccc2oc(COCc3cccc(Br)c3)nc2c1. The maximum atomic E-state index is 5.71. The van der Waals surface area contributed by atoms with Crippen molar-refractivity contribution in [2.45, 2.75) is 13.2 Å². The van der Waals surface area contributed by atoms with E-state index in [1.54, 1.807) is 12.1 Å². The Hall–Kier alpha value is -1.85. The number of nitrogens with two attached hydrogens (primary N) is 1. The van der Waals surface area contributed by atoms with Crippen LogP contribution in [0.25, 0.3) is 11.1 Å². The first-order chi connectivity index (χ1) is 9.70. The molecule has 1 heterocycles. The molecule has 0 aliphatic heterocycles. The second-order valence-electron chi connectivity index (χ2n) is 4.46. The van der Waals surface area contributed by atoms with Crippen molar-refractivity contribution in [1.29, 1.82) is 0 Å². The minimum absolute atomic E-state index is 0.334. The lowest BCUT2D eigenvalue weighted by molar-refractivity contribution is 0.0906. The first kappa shape index (κ1) is 13.1. The lowest BCUT2D eigenvalue weighted by Gasteiger charge is -2.02. The Morgan fingerprint density at radius 1 is 1.15 bits per heavy atom. The summed E-state index contributed by atoms with van der Waals surface area (Å²) in [5.74, 6) is 0.556. The van der Waals surface area contributed by atoms with Crippen LogP contribution in [0.3, 0.4) is 0 Å². The largest absolute Gasteiger partial charge is 0.438 e. The topological polar surface area (TPSA) is 61.3 Å². The molecule has 0 radical (unpaired) electrons. The van der Waals surface area contributed by atoms with Gasteiger partial charge in [-0.15, -0.1) is 0 Å². The molecule has 4 nitrogen and oxygen atoms in total. The van der Waals surface area contributed by atoms with Crippen LogP contribution in [0, 0.1) is 0 Å². The van der Waals surface area contributed by atoms with Gasteiger partial charge in [0.25, 0.3) is 0 Å². The van der Waals surface area contributed by atoms with E-state index in [9.17, 15) is 0 Å². The summed E-state index contributed by atoms with van der Waals surface area (Å²) >= 11 is 3.43. The summed E-state index contributed by atoms with van der Waals surface area (Å²) in [7, 11) is 0. The van der Waals surface area contributed by atoms with Crippen LogP contribution in [0.4, 0.5) is 5.69 Å². The van der Waals surface area contributed by atoms with Crippen LogP contribution < -0.4 is 5.73 Å². The summed E-state index contributed by atoms with van der Waals surface area (Å²) in [4.78, 5) is 4.34. The highest BCUT2D eigenvalue weighted by Gasteiger charge is 2.06. The molecule has 2 aromatic carbocycles. The van der Waals surface area contributed by atoms with Crippen molar-refractivity contribution in [2.24, 2.45) is 0 Å². The summed E-state index contributed by atoms with van der Waals surface area (Å²) in [5, 5.41) is 0. The fraction of sp³-hybridized carbons (Fsp3) is 0.133. The highest BCUT2D eigenvalue weighted by atomic mass is 79.9. The van der Waals surface area contributed by atoms with Crippen molar-refractivity contribution in [1.82, 2.24) is 4.98 Å². The van der Waals surface area contributed by atoms with Crippen molar-refractivity contribution in [3.63, 3.8) is 0 Å². The van der Waals surface area contributed by atoms with E-state index in [2.05, 4.69) is 20.9 Å². The predicted octanol–water partition coefficient (Wildman–Crippen LogP) is 3.89. The third kappa shape index (κ3) is 3.00. The molecule has 1 aromatic heterocycles. The molecule has 0 bridgehead atoms. The maximum absolute atomic E-state index is 5.71. The number of oxazole rings is 1. The molecule has 102 valence electrons. The third-order valence-electron chi connectivity index (χ3n) is 2.84. The molecule has 0 saturated heterocycles. The van der Waals surface area contributed by atoms with Gasteiger partial charge in [-0.3, -0.25) is 0 Å². The molecule has 3 aromatic rings. The van der Waals surface area contributed by atoms with Gasteiger partial charge in [-0.25, -0.2) is 4.98 Å². The van der Waals surface area contributed by atoms with E-state index >= 15 is 0 Å². The first-order valence-electron chi connectivity index (χ1n) is 6.18. The average Bonchev–Trinajstić information content (AvgIpc) is 2.80. The van der Waals surface area contributed by atoms with Crippen molar-refractivity contribution in [3.05, 3.63) is 58.4 Å². The fourth-order valence-electron chi connectivity index (χ4n) is 1.94. The molecule has 0 saturated carbocycles. The predicted molar refractivity (Wildman–Crippen MR) is 81.1 cm³/mol. The maximum Gasteiger partial charge on any atom is 0.221 e. The normalized spacial score (nSPS) is 11.1. The zero-order valence-electron chi connectivity index (χ0n) is 10.7. The smallest absolute Gasteiger partial charge is 0.221 e. The molecule has 20 heavy (non-hydrogen) atoms. The van der Waals surface area contributed by atoms with Crippen LogP contribution in [0.2, 0.25) is 0 Å². The van der Waals surface area contributed by atoms with Gasteiger partial charge in [-0.1, -0.05) is 28.1 Å². The summed E-state index contributed by atoms with van der Waals surface area (Å²) in [6.07, 6.45) is 0. The molecule has 2 N–H and O–H groups in total. The number of fused-ring (bicyclic) bond motifs is 1.